The number of benzene rings is 1. The minimum Gasteiger partial charge on any atom is -0.388 e. The molecule has 1 atom stereocenters. The van der Waals surface area contributed by atoms with Crippen molar-refractivity contribution >= 4 is 15.9 Å². The SMILES string of the molecule is Cc1ccc(C(O)Cc2ccc(F)c(Br)c2)cn1. The molecule has 0 amide bonds. The van der Waals surface area contributed by atoms with Crippen LogP contribution in [0, 0.1) is 12.7 Å². The summed E-state index contributed by atoms with van der Waals surface area (Å²) in [6.07, 6.45) is 1.47. The molecule has 1 aromatic heterocycles. The lowest BCUT2D eigenvalue weighted by Gasteiger charge is -2.11. The number of aromatic nitrogens is 1. The number of aliphatic hydroxyl groups is 1. The largest absolute Gasteiger partial charge is 0.388 e. The third kappa shape index (κ3) is 3.15. The number of halogens is 2. The molecule has 1 N–H and O–H groups in total. The van der Waals surface area contributed by atoms with E-state index in [1.54, 1.807) is 18.3 Å². The molecule has 0 radical (unpaired) electrons. The third-order valence-electron chi connectivity index (χ3n) is 2.73. The molecular formula is C14H13BrFNO. The second-order valence-electron chi connectivity index (χ2n) is 4.20. The van der Waals surface area contributed by atoms with Crippen molar-refractivity contribution in [1.29, 1.82) is 0 Å². The lowest BCUT2D eigenvalue weighted by Crippen LogP contribution is -2.02. The summed E-state index contributed by atoms with van der Waals surface area (Å²) >= 11 is 3.13. The Morgan fingerprint density at radius 2 is 2.11 bits per heavy atom. The highest BCUT2D eigenvalue weighted by Gasteiger charge is 2.10. The normalized spacial score (nSPS) is 12.4. The zero-order valence-corrected chi connectivity index (χ0v) is 11.5. The van der Waals surface area contributed by atoms with Gasteiger partial charge in [-0.2, -0.15) is 0 Å². The van der Waals surface area contributed by atoms with Crippen LogP contribution in [0.3, 0.4) is 0 Å². The first-order valence-electron chi connectivity index (χ1n) is 5.61. The fourth-order valence-electron chi connectivity index (χ4n) is 1.68. The standard InChI is InChI=1S/C14H13BrFNO/c1-9-2-4-11(8-17-9)14(18)7-10-3-5-13(16)12(15)6-10/h2-6,8,14,18H,7H2,1H3. The number of aryl methyl sites for hydroxylation is 1. The van der Waals surface area contributed by atoms with E-state index in [9.17, 15) is 9.50 Å². The van der Waals surface area contributed by atoms with Crippen molar-refractivity contribution in [3.05, 3.63) is 63.6 Å². The Labute approximate surface area is 114 Å². The molecule has 1 aromatic carbocycles. The Morgan fingerprint density at radius 1 is 1.33 bits per heavy atom. The van der Waals surface area contributed by atoms with Crippen LogP contribution in [0.2, 0.25) is 0 Å². The predicted molar refractivity (Wildman–Crippen MR) is 71.7 cm³/mol. The highest BCUT2D eigenvalue weighted by atomic mass is 79.9. The molecule has 0 spiro atoms. The lowest BCUT2D eigenvalue weighted by atomic mass is 10.0. The van der Waals surface area contributed by atoms with E-state index in [2.05, 4.69) is 20.9 Å². The summed E-state index contributed by atoms with van der Waals surface area (Å²) in [5.41, 5.74) is 2.55. The van der Waals surface area contributed by atoms with E-state index in [1.165, 1.54) is 6.07 Å². The molecule has 0 aliphatic carbocycles. The van der Waals surface area contributed by atoms with Crippen LogP contribution in [0.4, 0.5) is 4.39 Å². The Morgan fingerprint density at radius 3 is 2.72 bits per heavy atom. The van der Waals surface area contributed by atoms with Crippen LogP contribution in [-0.4, -0.2) is 10.1 Å². The molecule has 0 saturated heterocycles. The molecule has 0 aliphatic heterocycles. The predicted octanol–water partition coefficient (Wildman–Crippen LogP) is 3.57. The van der Waals surface area contributed by atoms with Crippen LogP contribution in [0.1, 0.15) is 22.9 Å². The molecule has 0 bridgehead atoms. The summed E-state index contributed by atoms with van der Waals surface area (Å²) in [5, 5.41) is 10.1. The summed E-state index contributed by atoms with van der Waals surface area (Å²) in [7, 11) is 0. The molecule has 2 aromatic rings. The van der Waals surface area contributed by atoms with Gasteiger partial charge in [-0.3, -0.25) is 4.98 Å². The van der Waals surface area contributed by atoms with E-state index >= 15 is 0 Å². The monoisotopic (exact) mass is 309 g/mol. The van der Waals surface area contributed by atoms with Crippen LogP contribution in [0.5, 0.6) is 0 Å². The Bertz CT molecular complexity index is 542. The number of hydrogen-bond donors (Lipinski definition) is 1. The van der Waals surface area contributed by atoms with E-state index in [1.807, 2.05) is 19.1 Å². The number of hydrogen-bond acceptors (Lipinski definition) is 2. The molecule has 2 nitrogen and oxygen atoms in total. The second kappa shape index (κ2) is 5.59. The van der Waals surface area contributed by atoms with Crippen LogP contribution < -0.4 is 0 Å². The zero-order valence-electron chi connectivity index (χ0n) is 9.90. The van der Waals surface area contributed by atoms with Crippen LogP contribution >= 0.6 is 15.9 Å². The fraction of sp³-hybridized carbons (Fsp3) is 0.214. The highest BCUT2D eigenvalue weighted by molar-refractivity contribution is 9.10. The van der Waals surface area contributed by atoms with Gasteiger partial charge in [-0.1, -0.05) is 12.1 Å². The minimum atomic E-state index is -0.629. The Hall–Kier alpha value is -1.26. The molecule has 0 saturated carbocycles. The van der Waals surface area contributed by atoms with Crippen molar-refractivity contribution in [3.8, 4) is 0 Å². The summed E-state index contributed by atoms with van der Waals surface area (Å²) in [5.74, 6) is -0.301. The number of aliphatic hydroxyl groups excluding tert-OH is 1. The van der Waals surface area contributed by atoms with Crippen molar-refractivity contribution in [1.82, 2.24) is 4.98 Å². The van der Waals surface area contributed by atoms with E-state index in [0.29, 0.717) is 10.9 Å². The lowest BCUT2D eigenvalue weighted by molar-refractivity contribution is 0.178. The maximum atomic E-state index is 13.1. The first kappa shape index (κ1) is 13.2. The molecule has 1 heterocycles. The molecule has 0 fully saturated rings. The minimum absolute atomic E-state index is 0.301. The fourth-order valence-corrected chi connectivity index (χ4v) is 2.11. The number of rotatable bonds is 3. The van der Waals surface area contributed by atoms with Crippen molar-refractivity contribution < 1.29 is 9.50 Å². The van der Waals surface area contributed by atoms with Crippen molar-refractivity contribution in [2.24, 2.45) is 0 Å². The molecule has 2 rings (SSSR count). The van der Waals surface area contributed by atoms with E-state index in [0.717, 1.165) is 16.8 Å². The third-order valence-corrected chi connectivity index (χ3v) is 3.34. The van der Waals surface area contributed by atoms with Crippen molar-refractivity contribution in [2.75, 3.05) is 0 Å². The zero-order chi connectivity index (χ0) is 13.1. The van der Waals surface area contributed by atoms with Gasteiger partial charge in [0.25, 0.3) is 0 Å². The average Bonchev–Trinajstić information content (AvgIpc) is 2.34. The van der Waals surface area contributed by atoms with Gasteiger partial charge in [0, 0.05) is 18.3 Å². The summed E-state index contributed by atoms with van der Waals surface area (Å²) in [4.78, 5) is 4.14. The van der Waals surface area contributed by atoms with Gasteiger partial charge in [-0.25, -0.2) is 4.39 Å². The van der Waals surface area contributed by atoms with Crippen LogP contribution in [0.25, 0.3) is 0 Å². The average molecular weight is 310 g/mol. The summed E-state index contributed by atoms with van der Waals surface area (Å²) in [6.45, 7) is 1.90. The Balaban J connectivity index is 2.13. The molecular weight excluding hydrogens is 297 g/mol. The van der Waals surface area contributed by atoms with Gasteiger partial charge < -0.3 is 5.11 Å². The molecule has 0 aliphatic rings. The van der Waals surface area contributed by atoms with E-state index in [4.69, 9.17) is 0 Å². The maximum absolute atomic E-state index is 13.1. The topological polar surface area (TPSA) is 33.1 Å². The van der Waals surface area contributed by atoms with Crippen molar-refractivity contribution in [2.45, 2.75) is 19.4 Å². The van der Waals surface area contributed by atoms with Gasteiger partial charge in [0.1, 0.15) is 5.82 Å². The Kier molecular flexibility index (Phi) is 4.09. The molecule has 4 heteroatoms. The first-order valence-corrected chi connectivity index (χ1v) is 6.40. The smallest absolute Gasteiger partial charge is 0.137 e. The first-order chi connectivity index (χ1) is 8.56. The van der Waals surface area contributed by atoms with Gasteiger partial charge >= 0.3 is 0 Å². The van der Waals surface area contributed by atoms with Gasteiger partial charge in [-0.05, 0) is 52.2 Å². The number of pyridine rings is 1. The van der Waals surface area contributed by atoms with Gasteiger partial charge in [0.05, 0.1) is 10.6 Å². The van der Waals surface area contributed by atoms with Crippen LogP contribution in [0.15, 0.2) is 41.0 Å². The number of nitrogens with zero attached hydrogens (tertiary/aromatic N) is 1. The van der Waals surface area contributed by atoms with Crippen LogP contribution in [-0.2, 0) is 6.42 Å². The van der Waals surface area contributed by atoms with E-state index in [-0.39, 0.29) is 5.82 Å². The van der Waals surface area contributed by atoms with E-state index < -0.39 is 6.10 Å². The van der Waals surface area contributed by atoms with Crippen molar-refractivity contribution in [3.63, 3.8) is 0 Å². The molecule has 18 heavy (non-hydrogen) atoms. The summed E-state index contributed by atoms with van der Waals surface area (Å²) < 4.78 is 13.5. The second-order valence-corrected chi connectivity index (χ2v) is 5.06. The quantitative estimate of drug-likeness (QED) is 0.940. The molecule has 94 valence electrons. The van der Waals surface area contributed by atoms with Gasteiger partial charge in [-0.15, -0.1) is 0 Å². The highest BCUT2D eigenvalue weighted by Crippen LogP contribution is 2.22. The van der Waals surface area contributed by atoms with Gasteiger partial charge in [0.2, 0.25) is 0 Å². The van der Waals surface area contributed by atoms with Gasteiger partial charge in [0.15, 0.2) is 0 Å². The summed E-state index contributed by atoms with van der Waals surface area (Å²) in [6, 6.07) is 8.45. The maximum Gasteiger partial charge on any atom is 0.137 e. The molecule has 1 unspecified atom stereocenters.